The van der Waals surface area contributed by atoms with Gasteiger partial charge in [-0.1, -0.05) is 0 Å². The van der Waals surface area contributed by atoms with Crippen molar-refractivity contribution >= 4 is 11.9 Å². The van der Waals surface area contributed by atoms with E-state index >= 15 is 0 Å². The Hall–Kier alpha value is -1.06. The minimum atomic E-state index is -1.27. The van der Waals surface area contributed by atoms with Crippen LogP contribution in [0.25, 0.3) is 0 Å². The average Bonchev–Trinajstić information content (AvgIpc) is 2.79. The summed E-state index contributed by atoms with van der Waals surface area (Å²) in [6.45, 7) is 1.47. The summed E-state index contributed by atoms with van der Waals surface area (Å²) in [5, 5.41) is 8.83. The molecule has 0 aromatic heterocycles. The summed E-state index contributed by atoms with van der Waals surface area (Å²) in [5.74, 6) is -1.15. The lowest BCUT2D eigenvalue weighted by Gasteiger charge is -2.15. The molecule has 0 bridgehead atoms. The number of aliphatic carboxylic acids is 1. The molecule has 2 atom stereocenters. The maximum absolute atomic E-state index is 11.3. The first-order valence-electron chi connectivity index (χ1n) is 4.49. The predicted octanol–water partition coefficient (Wildman–Crippen LogP) is 0.803. The molecule has 4 heteroatoms. The minimum Gasteiger partial charge on any atom is -0.478 e. The van der Waals surface area contributed by atoms with Gasteiger partial charge in [-0.2, -0.15) is 0 Å². The first-order chi connectivity index (χ1) is 6.03. The molecule has 2 rings (SSSR count). The van der Waals surface area contributed by atoms with Crippen LogP contribution >= 0.6 is 0 Å². The molecule has 0 aromatic rings. The van der Waals surface area contributed by atoms with Crippen molar-refractivity contribution in [3.05, 3.63) is 0 Å². The first-order valence-corrected chi connectivity index (χ1v) is 4.49. The quantitative estimate of drug-likeness (QED) is 0.645. The largest absolute Gasteiger partial charge is 0.478 e. The van der Waals surface area contributed by atoms with Crippen LogP contribution in [0.4, 0.5) is 0 Å². The maximum Gasteiger partial charge on any atom is 0.347 e. The fourth-order valence-electron chi connectivity index (χ4n) is 1.83. The molecule has 1 aliphatic heterocycles. The SMILES string of the molecule is CC1(C(=O)O)CC(C2CC2)C(=O)O1. The van der Waals surface area contributed by atoms with Crippen molar-refractivity contribution in [1.82, 2.24) is 0 Å². The van der Waals surface area contributed by atoms with Gasteiger partial charge < -0.3 is 9.84 Å². The Morgan fingerprint density at radius 3 is 2.62 bits per heavy atom. The third-order valence-corrected chi connectivity index (χ3v) is 2.88. The number of esters is 1. The van der Waals surface area contributed by atoms with Crippen molar-refractivity contribution in [1.29, 1.82) is 0 Å². The van der Waals surface area contributed by atoms with Gasteiger partial charge in [0.05, 0.1) is 5.92 Å². The van der Waals surface area contributed by atoms with Gasteiger partial charge in [-0.3, -0.25) is 4.79 Å². The number of hydrogen-bond acceptors (Lipinski definition) is 3. The Morgan fingerprint density at radius 1 is 1.62 bits per heavy atom. The predicted molar refractivity (Wildman–Crippen MR) is 43.0 cm³/mol. The molecule has 1 saturated heterocycles. The molecule has 2 aliphatic rings. The highest BCUT2D eigenvalue weighted by atomic mass is 16.6. The molecule has 0 amide bonds. The van der Waals surface area contributed by atoms with Crippen molar-refractivity contribution in [3.8, 4) is 0 Å². The van der Waals surface area contributed by atoms with Crippen LogP contribution < -0.4 is 0 Å². The summed E-state index contributed by atoms with van der Waals surface area (Å²) < 4.78 is 4.89. The second kappa shape index (κ2) is 2.47. The van der Waals surface area contributed by atoms with Crippen molar-refractivity contribution < 1.29 is 19.4 Å². The minimum absolute atomic E-state index is 0.166. The van der Waals surface area contributed by atoms with E-state index in [0.717, 1.165) is 12.8 Å². The van der Waals surface area contributed by atoms with Gasteiger partial charge >= 0.3 is 11.9 Å². The van der Waals surface area contributed by atoms with E-state index < -0.39 is 11.6 Å². The summed E-state index contributed by atoms with van der Waals surface area (Å²) in [6.07, 6.45) is 2.41. The van der Waals surface area contributed by atoms with E-state index in [9.17, 15) is 9.59 Å². The zero-order valence-electron chi connectivity index (χ0n) is 7.45. The van der Waals surface area contributed by atoms with Gasteiger partial charge in [0.15, 0.2) is 0 Å². The number of carboxylic acids is 1. The fraction of sp³-hybridized carbons (Fsp3) is 0.778. The van der Waals surface area contributed by atoms with Crippen molar-refractivity contribution in [2.24, 2.45) is 11.8 Å². The normalized spacial score (nSPS) is 38.8. The summed E-state index contributed by atoms with van der Waals surface area (Å²) in [6, 6.07) is 0. The summed E-state index contributed by atoms with van der Waals surface area (Å²) in [5.41, 5.74) is -1.27. The van der Waals surface area contributed by atoms with Crippen LogP contribution in [-0.2, 0) is 14.3 Å². The van der Waals surface area contributed by atoms with E-state index in [1.54, 1.807) is 0 Å². The number of carbonyl (C=O) groups is 2. The highest BCUT2D eigenvalue weighted by Gasteiger charge is 2.53. The molecule has 0 spiro atoms. The lowest BCUT2D eigenvalue weighted by molar-refractivity contribution is -0.168. The molecular weight excluding hydrogens is 172 g/mol. The molecular formula is C9H12O4. The number of carbonyl (C=O) groups excluding carboxylic acids is 1. The summed E-state index contributed by atoms with van der Waals surface area (Å²) >= 11 is 0. The van der Waals surface area contributed by atoms with Gasteiger partial charge in [0.1, 0.15) is 0 Å². The lowest BCUT2D eigenvalue weighted by atomic mass is 9.92. The van der Waals surface area contributed by atoms with Gasteiger partial charge in [-0.25, -0.2) is 4.79 Å². The van der Waals surface area contributed by atoms with E-state index in [1.807, 2.05) is 0 Å². The topological polar surface area (TPSA) is 63.6 Å². The van der Waals surface area contributed by atoms with E-state index in [4.69, 9.17) is 9.84 Å². The third-order valence-electron chi connectivity index (χ3n) is 2.88. The second-order valence-corrected chi connectivity index (χ2v) is 4.11. The van der Waals surface area contributed by atoms with Crippen LogP contribution in [0.3, 0.4) is 0 Å². The van der Waals surface area contributed by atoms with Gasteiger partial charge in [0.2, 0.25) is 5.60 Å². The van der Waals surface area contributed by atoms with Crippen molar-refractivity contribution in [2.75, 3.05) is 0 Å². The number of ether oxygens (including phenoxy) is 1. The number of rotatable bonds is 2. The first kappa shape index (κ1) is 8.53. The Bertz CT molecular complexity index is 269. The molecule has 1 saturated carbocycles. The monoisotopic (exact) mass is 184 g/mol. The van der Waals surface area contributed by atoms with E-state index in [2.05, 4.69) is 0 Å². The number of carboxylic acid groups (broad SMARTS) is 1. The third kappa shape index (κ3) is 1.30. The van der Waals surface area contributed by atoms with Gasteiger partial charge in [0, 0.05) is 6.42 Å². The maximum atomic E-state index is 11.3. The second-order valence-electron chi connectivity index (χ2n) is 4.11. The van der Waals surface area contributed by atoms with E-state index in [1.165, 1.54) is 6.92 Å². The molecule has 1 heterocycles. The molecule has 0 aromatic carbocycles. The fourth-order valence-corrected chi connectivity index (χ4v) is 1.83. The van der Waals surface area contributed by atoms with E-state index in [0.29, 0.717) is 12.3 Å². The standard InChI is InChI=1S/C9H12O4/c1-9(8(11)12)4-6(5-2-3-5)7(10)13-9/h5-6H,2-4H2,1H3,(H,11,12). The van der Waals surface area contributed by atoms with Crippen LogP contribution in [0, 0.1) is 11.8 Å². The number of hydrogen-bond donors (Lipinski definition) is 1. The molecule has 72 valence electrons. The highest BCUT2D eigenvalue weighted by Crippen LogP contribution is 2.45. The average molecular weight is 184 g/mol. The van der Waals surface area contributed by atoms with Crippen LogP contribution in [0.1, 0.15) is 26.2 Å². The van der Waals surface area contributed by atoms with Crippen LogP contribution in [-0.4, -0.2) is 22.6 Å². The van der Waals surface area contributed by atoms with Gasteiger partial charge in [-0.05, 0) is 25.7 Å². The molecule has 4 nitrogen and oxygen atoms in total. The molecule has 1 N–H and O–H groups in total. The lowest BCUT2D eigenvalue weighted by Crippen LogP contribution is -2.34. The Labute approximate surface area is 75.9 Å². The molecule has 0 radical (unpaired) electrons. The summed E-state index contributed by atoms with van der Waals surface area (Å²) in [7, 11) is 0. The molecule has 2 unspecified atom stereocenters. The van der Waals surface area contributed by atoms with Crippen LogP contribution in [0.15, 0.2) is 0 Å². The molecule has 2 fully saturated rings. The van der Waals surface area contributed by atoms with Crippen LogP contribution in [0.5, 0.6) is 0 Å². The van der Waals surface area contributed by atoms with Crippen molar-refractivity contribution in [2.45, 2.75) is 31.8 Å². The Kier molecular flexibility index (Phi) is 1.62. The van der Waals surface area contributed by atoms with Gasteiger partial charge in [-0.15, -0.1) is 0 Å². The van der Waals surface area contributed by atoms with Crippen LogP contribution in [0.2, 0.25) is 0 Å². The van der Waals surface area contributed by atoms with Gasteiger partial charge in [0.25, 0.3) is 0 Å². The zero-order valence-corrected chi connectivity index (χ0v) is 7.45. The van der Waals surface area contributed by atoms with E-state index in [-0.39, 0.29) is 11.9 Å². The smallest absolute Gasteiger partial charge is 0.347 e. The number of cyclic esters (lactones) is 1. The Balaban J connectivity index is 2.13. The Morgan fingerprint density at radius 2 is 2.23 bits per heavy atom. The summed E-state index contributed by atoms with van der Waals surface area (Å²) in [4.78, 5) is 22.1. The zero-order chi connectivity index (χ0) is 9.64. The molecule has 1 aliphatic carbocycles. The van der Waals surface area contributed by atoms with Crippen molar-refractivity contribution in [3.63, 3.8) is 0 Å². The molecule has 13 heavy (non-hydrogen) atoms. The highest BCUT2D eigenvalue weighted by molar-refractivity contribution is 5.86.